The molecule has 106 valence electrons. The summed E-state index contributed by atoms with van der Waals surface area (Å²) in [6, 6.07) is 0.334. The lowest BCUT2D eigenvalue weighted by molar-refractivity contribution is 0.215. The van der Waals surface area contributed by atoms with Crippen LogP contribution >= 0.6 is 0 Å². The molecule has 1 heterocycles. The van der Waals surface area contributed by atoms with Crippen LogP contribution in [0.2, 0.25) is 0 Å². The van der Waals surface area contributed by atoms with Crippen molar-refractivity contribution in [1.29, 1.82) is 0 Å². The number of rotatable bonds is 8. The van der Waals surface area contributed by atoms with Gasteiger partial charge >= 0.3 is 0 Å². The Morgan fingerprint density at radius 1 is 1.28 bits per heavy atom. The molecular formula is C12H24N2O3S. The van der Waals surface area contributed by atoms with Crippen LogP contribution in [0, 0.1) is 5.92 Å². The molecule has 0 aromatic rings. The highest BCUT2D eigenvalue weighted by Gasteiger charge is 2.32. The zero-order valence-electron chi connectivity index (χ0n) is 11.1. The van der Waals surface area contributed by atoms with Crippen molar-refractivity contribution in [1.82, 2.24) is 9.62 Å². The molecule has 0 spiro atoms. The smallest absolute Gasteiger partial charge is 0.216 e. The van der Waals surface area contributed by atoms with Crippen LogP contribution in [0.15, 0.2) is 0 Å². The maximum absolute atomic E-state index is 12.3. The van der Waals surface area contributed by atoms with Gasteiger partial charge in [-0.25, -0.2) is 12.7 Å². The SMILES string of the molecule is COCCS(=O)(=O)N(CC1CC1)CC1CCCN1. The van der Waals surface area contributed by atoms with Crippen LogP contribution in [-0.4, -0.2) is 57.9 Å². The second-order valence-corrected chi connectivity index (χ2v) is 7.45. The van der Waals surface area contributed by atoms with E-state index in [1.807, 2.05) is 0 Å². The second kappa shape index (κ2) is 6.32. The molecule has 1 aliphatic heterocycles. The van der Waals surface area contributed by atoms with Gasteiger partial charge in [-0.15, -0.1) is 0 Å². The van der Waals surface area contributed by atoms with E-state index in [2.05, 4.69) is 5.32 Å². The summed E-state index contributed by atoms with van der Waals surface area (Å²) in [5.74, 6) is 0.687. The van der Waals surface area contributed by atoms with E-state index in [4.69, 9.17) is 4.74 Å². The average molecular weight is 276 g/mol. The van der Waals surface area contributed by atoms with E-state index in [1.165, 1.54) is 12.8 Å². The summed E-state index contributed by atoms with van der Waals surface area (Å²) in [4.78, 5) is 0. The van der Waals surface area contributed by atoms with Crippen LogP contribution in [0.5, 0.6) is 0 Å². The Morgan fingerprint density at radius 3 is 2.61 bits per heavy atom. The molecule has 2 aliphatic rings. The lowest BCUT2D eigenvalue weighted by atomic mass is 10.2. The number of hydrogen-bond acceptors (Lipinski definition) is 4. The normalized spacial score (nSPS) is 24.9. The van der Waals surface area contributed by atoms with Gasteiger partial charge in [-0.1, -0.05) is 0 Å². The molecule has 2 fully saturated rings. The highest BCUT2D eigenvalue weighted by molar-refractivity contribution is 7.89. The fourth-order valence-corrected chi connectivity index (χ4v) is 3.85. The molecule has 0 bridgehead atoms. The predicted molar refractivity (Wildman–Crippen MR) is 71.0 cm³/mol. The van der Waals surface area contributed by atoms with Gasteiger partial charge in [0, 0.05) is 26.2 Å². The van der Waals surface area contributed by atoms with Gasteiger partial charge in [-0.3, -0.25) is 0 Å². The monoisotopic (exact) mass is 276 g/mol. The van der Waals surface area contributed by atoms with Gasteiger partial charge in [-0.2, -0.15) is 0 Å². The molecule has 0 aromatic heterocycles. The van der Waals surface area contributed by atoms with Gasteiger partial charge in [-0.05, 0) is 38.1 Å². The second-order valence-electron chi connectivity index (χ2n) is 5.36. The van der Waals surface area contributed by atoms with Crippen molar-refractivity contribution in [3.63, 3.8) is 0 Å². The third kappa shape index (κ3) is 4.19. The van der Waals surface area contributed by atoms with Crippen LogP contribution in [-0.2, 0) is 14.8 Å². The average Bonchev–Trinajstić information content (AvgIpc) is 3.00. The molecular weight excluding hydrogens is 252 g/mol. The minimum Gasteiger partial charge on any atom is -0.384 e. The maximum atomic E-state index is 12.3. The molecule has 2 rings (SSSR count). The Kier molecular flexibility index (Phi) is 5.00. The summed E-state index contributed by atoms with van der Waals surface area (Å²) >= 11 is 0. The fourth-order valence-electron chi connectivity index (χ4n) is 2.37. The molecule has 1 atom stereocenters. The van der Waals surface area contributed by atoms with Gasteiger partial charge in [0.15, 0.2) is 0 Å². The van der Waals surface area contributed by atoms with E-state index >= 15 is 0 Å². The molecule has 18 heavy (non-hydrogen) atoms. The van der Waals surface area contributed by atoms with E-state index in [0.717, 1.165) is 19.4 Å². The molecule has 1 saturated heterocycles. The minimum absolute atomic E-state index is 0.100. The first-order valence-corrected chi connectivity index (χ1v) is 8.43. The first-order valence-electron chi connectivity index (χ1n) is 6.82. The lowest BCUT2D eigenvalue weighted by Crippen LogP contribution is -2.43. The number of hydrogen-bond donors (Lipinski definition) is 1. The van der Waals surface area contributed by atoms with Gasteiger partial charge in [0.2, 0.25) is 10.0 Å². The molecule has 1 saturated carbocycles. The van der Waals surface area contributed by atoms with Gasteiger partial charge in [0.25, 0.3) is 0 Å². The Balaban J connectivity index is 1.93. The fraction of sp³-hybridized carbons (Fsp3) is 1.00. The molecule has 1 N–H and O–H groups in total. The third-order valence-corrected chi connectivity index (χ3v) is 5.45. The van der Waals surface area contributed by atoms with Crippen molar-refractivity contribution in [2.24, 2.45) is 5.92 Å². The summed E-state index contributed by atoms with van der Waals surface area (Å²) in [6.07, 6.45) is 4.59. The quantitative estimate of drug-likeness (QED) is 0.698. The first-order chi connectivity index (χ1) is 8.62. The minimum atomic E-state index is -3.16. The van der Waals surface area contributed by atoms with E-state index in [1.54, 1.807) is 11.4 Å². The molecule has 0 radical (unpaired) electrons. The summed E-state index contributed by atoms with van der Waals surface area (Å²) in [5.41, 5.74) is 0. The Hall–Kier alpha value is -0.170. The summed E-state index contributed by atoms with van der Waals surface area (Å²) in [5, 5.41) is 3.37. The van der Waals surface area contributed by atoms with E-state index < -0.39 is 10.0 Å². The standard InChI is InChI=1S/C12H24N2O3S/c1-17-7-8-18(15,16)14(9-11-4-5-11)10-12-3-2-6-13-12/h11-13H,2-10H2,1H3. The summed E-state index contributed by atoms with van der Waals surface area (Å²) < 4.78 is 31.1. The molecule has 5 nitrogen and oxygen atoms in total. The number of nitrogens with one attached hydrogen (secondary N) is 1. The van der Waals surface area contributed by atoms with Gasteiger partial charge in [0.05, 0.1) is 12.4 Å². The molecule has 1 aliphatic carbocycles. The van der Waals surface area contributed by atoms with Crippen molar-refractivity contribution in [2.75, 3.05) is 39.1 Å². The topological polar surface area (TPSA) is 58.6 Å². The Morgan fingerprint density at radius 2 is 2.06 bits per heavy atom. The van der Waals surface area contributed by atoms with Gasteiger partial charge in [0.1, 0.15) is 0 Å². The molecule has 1 unspecified atom stereocenters. The lowest BCUT2D eigenvalue weighted by Gasteiger charge is -2.25. The maximum Gasteiger partial charge on any atom is 0.216 e. The van der Waals surface area contributed by atoms with Crippen molar-refractivity contribution < 1.29 is 13.2 Å². The Bertz CT molecular complexity index is 348. The third-order valence-electron chi connectivity index (χ3n) is 3.68. The largest absolute Gasteiger partial charge is 0.384 e. The Labute approximate surface area is 110 Å². The number of ether oxygens (including phenoxy) is 1. The number of sulfonamides is 1. The van der Waals surface area contributed by atoms with Crippen LogP contribution in [0.25, 0.3) is 0 Å². The van der Waals surface area contributed by atoms with Crippen molar-refractivity contribution in [3.05, 3.63) is 0 Å². The van der Waals surface area contributed by atoms with Crippen molar-refractivity contribution in [2.45, 2.75) is 31.7 Å². The van der Waals surface area contributed by atoms with E-state index in [9.17, 15) is 8.42 Å². The summed E-state index contributed by atoms with van der Waals surface area (Å²) in [6.45, 7) is 2.62. The highest BCUT2D eigenvalue weighted by Crippen LogP contribution is 2.30. The van der Waals surface area contributed by atoms with E-state index in [-0.39, 0.29) is 12.4 Å². The highest BCUT2D eigenvalue weighted by atomic mass is 32.2. The zero-order valence-corrected chi connectivity index (χ0v) is 11.9. The zero-order chi connectivity index (χ0) is 13.0. The number of methoxy groups -OCH3 is 1. The summed E-state index contributed by atoms with van der Waals surface area (Å²) in [7, 11) is -1.62. The van der Waals surface area contributed by atoms with E-state index in [0.29, 0.717) is 25.0 Å². The first kappa shape index (κ1) is 14.2. The van der Waals surface area contributed by atoms with Crippen molar-refractivity contribution >= 4 is 10.0 Å². The van der Waals surface area contributed by atoms with Crippen LogP contribution in [0.4, 0.5) is 0 Å². The molecule has 0 aromatic carbocycles. The van der Waals surface area contributed by atoms with Crippen LogP contribution in [0.1, 0.15) is 25.7 Å². The van der Waals surface area contributed by atoms with Crippen LogP contribution < -0.4 is 5.32 Å². The van der Waals surface area contributed by atoms with Gasteiger partial charge < -0.3 is 10.1 Å². The number of nitrogens with zero attached hydrogens (tertiary/aromatic N) is 1. The van der Waals surface area contributed by atoms with Crippen molar-refractivity contribution in [3.8, 4) is 0 Å². The molecule has 6 heteroatoms. The molecule has 0 amide bonds. The predicted octanol–water partition coefficient (Wildman–Crippen LogP) is 0.427. The van der Waals surface area contributed by atoms with Crippen LogP contribution in [0.3, 0.4) is 0 Å².